The van der Waals surface area contributed by atoms with Gasteiger partial charge in [-0.15, -0.1) is 0 Å². The molecule has 0 saturated carbocycles. The van der Waals surface area contributed by atoms with Gasteiger partial charge in [0.2, 0.25) is 5.91 Å². The number of rotatable bonds is 10. The van der Waals surface area contributed by atoms with E-state index >= 15 is 0 Å². The number of nitrogens with zero attached hydrogens (tertiary/aromatic N) is 2. The van der Waals surface area contributed by atoms with Gasteiger partial charge in [0, 0.05) is 20.2 Å². The first kappa shape index (κ1) is 21.4. The highest BCUT2D eigenvalue weighted by Crippen LogP contribution is 2.35. The van der Waals surface area contributed by atoms with Crippen LogP contribution in [0.5, 0.6) is 0 Å². The molecule has 2 rings (SSSR count). The molecule has 0 bridgehead atoms. The topological polar surface area (TPSA) is 88.1 Å². The van der Waals surface area contributed by atoms with Crippen LogP contribution in [0.4, 0.5) is 5.69 Å². The number of unbranched alkanes of at least 4 members (excludes halogenated alkanes) is 3. The van der Waals surface area contributed by atoms with Crippen molar-refractivity contribution in [2.75, 3.05) is 26.8 Å². The molecule has 0 spiro atoms. The third kappa shape index (κ3) is 6.04. The Morgan fingerprint density at radius 3 is 2.81 bits per heavy atom. The minimum absolute atomic E-state index is 0.460. The molecule has 6 heteroatoms. The summed E-state index contributed by atoms with van der Waals surface area (Å²) in [5.74, 6) is -0.264. The van der Waals surface area contributed by atoms with Crippen molar-refractivity contribution in [2.24, 2.45) is 10.7 Å². The minimum atomic E-state index is -0.741. The Morgan fingerprint density at radius 1 is 1.33 bits per heavy atom. The number of ether oxygens (including phenoxy) is 1. The van der Waals surface area contributed by atoms with E-state index in [1.54, 1.807) is 0 Å². The molecule has 0 radical (unpaired) electrons. The lowest BCUT2D eigenvalue weighted by molar-refractivity contribution is -0.121. The van der Waals surface area contributed by atoms with Crippen LogP contribution in [0.15, 0.2) is 23.2 Å². The van der Waals surface area contributed by atoms with E-state index in [4.69, 9.17) is 10.5 Å². The van der Waals surface area contributed by atoms with E-state index in [1.165, 1.54) is 19.3 Å². The first-order valence-electron chi connectivity index (χ1n) is 9.88. The summed E-state index contributed by atoms with van der Waals surface area (Å²) in [4.78, 5) is 18.4. The average molecular weight is 376 g/mol. The molecule has 6 nitrogen and oxygen atoms in total. The van der Waals surface area contributed by atoms with E-state index in [0.29, 0.717) is 13.0 Å². The Hall–Kier alpha value is -1.92. The van der Waals surface area contributed by atoms with E-state index in [0.717, 1.165) is 42.2 Å². The first-order chi connectivity index (χ1) is 12.9. The Bertz CT molecular complexity index is 660. The fourth-order valence-electron chi connectivity index (χ4n) is 3.39. The third-order valence-electron chi connectivity index (χ3n) is 5.14. The highest BCUT2D eigenvalue weighted by atomic mass is 16.5. The van der Waals surface area contributed by atoms with E-state index in [-0.39, 0.29) is 0 Å². The maximum absolute atomic E-state index is 11.7. The van der Waals surface area contributed by atoms with Crippen LogP contribution in [0.1, 0.15) is 56.6 Å². The standard InChI is InChI=1S/C21H33N3O3/c1-4-5-6-7-11-27-12-10-24(3)15(2)23-17-9-8-16-13-19(25)20(21(22)26)18(16)14-17/h8-9,14,19-20,25H,4-7,10-13H2,1-3H3,(H2,22,26). The van der Waals surface area contributed by atoms with E-state index in [9.17, 15) is 9.90 Å². The van der Waals surface area contributed by atoms with Crippen molar-refractivity contribution in [1.29, 1.82) is 0 Å². The summed E-state index contributed by atoms with van der Waals surface area (Å²) in [5, 5.41) is 10.1. The largest absolute Gasteiger partial charge is 0.392 e. The lowest BCUT2D eigenvalue weighted by Gasteiger charge is -2.19. The highest BCUT2D eigenvalue weighted by molar-refractivity contribution is 5.85. The maximum atomic E-state index is 11.7. The van der Waals surface area contributed by atoms with Crippen LogP contribution in [-0.2, 0) is 16.0 Å². The SMILES string of the molecule is CCCCCCOCCN(C)C(C)=Nc1ccc2c(c1)C(C(N)=O)C(O)C2. The molecule has 1 aliphatic carbocycles. The number of aliphatic hydroxyl groups excluding tert-OH is 1. The predicted molar refractivity (Wildman–Crippen MR) is 108 cm³/mol. The van der Waals surface area contributed by atoms with Gasteiger partial charge in [-0.2, -0.15) is 0 Å². The van der Waals surface area contributed by atoms with Crippen LogP contribution in [0.3, 0.4) is 0 Å². The number of amides is 1. The van der Waals surface area contributed by atoms with Gasteiger partial charge in [-0.25, -0.2) is 4.99 Å². The van der Waals surface area contributed by atoms with Gasteiger partial charge in [0.05, 0.1) is 24.3 Å². The van der Waals surface area contributed by atoms with Gasteiger partial charge < -0.3 is 20.5 Å². The molecule has 3 N–H and O–H groups in total. The van der Waals surface area contributed by atoms with Crippen molar-refractivity contribution in [3.63, 3.8) is 0 Å². The molecule has 1 aromatic rings. The number of fused-ring (bicyclic) bond motifs is 1. The van der Waals surface area contributed by atoms with Crippen LogP contribution < -0.4 is 5.73 Å². The highest BCUT2D eigenvalue weighted by Gasteiger charge is 2.35. The number of hydrogen-bond acceptors (Lipinski definition) is 4. The third-order valence-corrected chi connectivity index (χ3v) is 5.14. The Balaban J connectivity index is 1.89. The summed E-state index contributed by atoms with van der Waals surface area (Å²) >= 11 is 0. The molecule has 0 aromatic heterocycles. The van der Waals surface area contributed by atoms with E-state index in [2.05, 4.69) is 16.8 Å². The molecular weight excluding hydrogens is 342 g/mol. The fraction of sp³-hybridized carbons (Fsp3) is 0.619. The quantitative estimate of drug-likeness (QED) is 0.374. The molecule has 0 saturated heterocycles. The second-order valence-corrected chi connectivity index (χ2v) is 7.29. The Kier molecular flexibility index (Phi) is 8.25. The predicted octanol–water partition coefficient (Wildman–Crippen LogP) is 2.75. The summed E-state index contributed by atoms with van der Waals surface area (Å²) in [6, 6.07) is 5.70. The molecule has 0 fully saturated rings. The number of carbonyl (C=O) groups excluding carboxylic acids is 1. The number of benzene rings is 1. The van der Waals surface area contributed by atoms with Crippen molar-refractivity contribution < 1.29 is 14.6 Å². The molecule has 0 aliphatic heterocycles. The second kappa shape index (κ2) is 10.4. The summed E-state index contributed by atoms with van der Waals surface area (Å²) in [6.45, 7) is 6.42. The van der Waals surface area contributed by atoms with Crippen LogP contribution in [0.2, 0.25) is 0 Å². The molecule has 1 aliphatic rings. The zero-order valence-electron chi connectivity index (χ0n) is 16.8. The van der Waals surface area contributed by atoms with Crippen molar-refractivity contribution in [3.05, 3.63) is 29.3 Å². The van der Waals surface area contributed by atoms with Crippen molar-refractivity contribution >= 4 is 17.4 Å². The van der Waals surface area contributed by atoms with Gasteiger partial charge in [0.1, 0.15) is 5.84 Å². The lowest BCUT2D eigenvalue weighted by Crippen LogP contribution is -2.28. The van der Waals surface area contributed by atoms with Gasteiger partial charge in [0.15, 0.2) is 0 Å². The number of aliphatic imine (C=N–C) groups is 1. The van der Waals surface area contributed by atoms with Gasteiger partial charge in [0.25, 0.3) is 0 Å². The molecule has 1 aromatic carbocycles. The molecular formula is C21H33N3O3. The number of amidine groups is 1. The van der Waals surface area contributed by atoms with Crippen LogP contribution in [0.25, 0.3) is 0 Å². The number of likely N-dealkylation sites (N-methyl/N-ethyl adjacent to an activating group) is 1. The number of primary amides is 1. The summed E-state index contributed by atoms with van der Waals surface area (Å²) in [7, 11) is 1.99. The zero-order valence-corrected chi connectivity index (χ0v) is 16.8. The van der Waals surface area contributed by atoms with Crippen LogP contribution in [-0.4, -0.2) is 54.7 Å². The van der Waals surface area contributed by atoms with Gasteiger partial charge >= 0.3 is 0 Å². The van der Waals surface area contributed by atoms with Crippen molar-refractivity contribution in [1.82, 2.24) is 4.90 Å². The van der Waals surface area contributed by atoms with Gasteiger partial charge in [-0.05, 0) is 43.0 Å². The number of aliphatic hydroxyl groups is 1. The van der Waals surface area contributed by atoms with Crippen LogP contribution in [0, 0.1) is 0 Å². The van der Waals surface area contributed by atoms with E-state index < -0.39 is 17.9 Å². The Morgan fingerprint density at radius 2 is 2.11 bits per heavy atom. The monoisotopic (exact) mass is 375 g/mol. The molecule has 0 heterocycles. The molecule has 150 valence electrons. The fourth-order valence-corrected chi connectivity index (χ4v) is 3.39. The molecule has 27 heavy (non-hydrogen) atoms. The smallest absolute Gasteiger partial charge is 0.227 e. The number of hydrogen-bond donors (Lipinski definition) is 2. The molecule has 2 atom stereocenters. The molecule has 1 amide bonds. The summed E-state index contributed by atoms with van der Waals surface area (Å²) in [5.41, 5.74) is 7.97. The zero-order chi connectivity index (χ0) is 19.8. The van der Waals surface area contributed by atoms with Gasteiger partial charge in [-0.3, -0.25) is 4.79 Å². The van der Waals surface area contributed by atoms with Gasteiger partial charge in [-0.1, -0.05) is 32.3 Å². The summed E-state index contributed by atoms with van der Waals surface area (Å²) in [6.07, 6.45) is 4.57. The van der Waals surface area contributed by atoms with Crippen molar-refractivity contribution in [3.8, 4) is 0 Å². The normalized spacial score (nSPS) is 19.2. The van der Waals surface area contributed by atoms with E-state index in [1.807, 2.05) is 32.2 Å². The van der Waals surface area contributed by atoms with Crippen LogP contribution >= 0.6 is 0 Å². The number of carbonyl (C=O) groups is 1. The molecule has 2 unspecified atom stereocenters. The lowest BCUT2D eigenvalue weighted by atomic mass is 9.99. The maximum Gasteiger partial charge on any atom is 0.227 e. The van der Waals surface area contributed by atoms with Crippen molar-refractivity contribution in [2.45, 2.75) is 58.0 Å². The minimum Gasteiger partial charge on any atom is -0.392 e. The summed E-state index contributed by atoms with van der Waals surface area (Å²) < 4.78 is 5.69. The Labute approximate surface area is 162 Å². The second-order valence-electron chi connectivity index (χ2n) is 7.29. The first-order valence-corrected chi connectivity index (χ1v) is 9.88. The average Bonchev–Trinajstić information content (AvgIpc) is 2.95. The number of nitrogens with two attached hydrogens (primary N) is 1.